The van der Waals surface area contributed by atoms with E-state index in [0.717, 1.165) is 0 Å². The summed E-state index contributed by atoms with van der Waals surface area (Å²) in [6.45, 7) is -0.628. The van der Waals surface area contributed by atoms with Crippen LogP contribution in [0.4, 0.5) is 0 Å². The van der Waals surface area contributed by atoms with Crippen LogP contribution in [0.15, 0.2) is 51.9 Å². The van der Waals surface area contributed by atoms with Gasteiger partial charge in [0.05, 0.1) is 19.3 Å². The molecule has 32 heavy (non-hydrogen) atoms. The second-order valence-corrected chi connectivity index (χ2v) is 7.34. The summed E-state index contributed by atoms with van der Waals surface area (Å²) in [5, 5.41) is 49.2. The zero-order valence-electron chi connectivity index (χ0n) is 16.9. The molecule has 0 aliphatic carbocycles. The Morgan fingerprint density at radius 1 is 1.03 bits per heavy atom. The first-order chi connectivity index (χ1) is 15.3. The number of aliphatic hydroxyl groups is 4. The van der Waals surface area contributed by atoms with E-state index in [0.29, 0.717) is 5.56 Å². The van der Waals surface area contributed by atoms with Crippen LogP contribution < -0.4 is 14.9 Å². The van der Waals surface area contributed by atoms with Crippen LogP contribution in [0.5, 0.6) is 17.2 Å². The average Bonchev–Trinajstić information content (AvgIpc) is 2.80. The zero-order chi connectivity index (χ0) is 23.0. The molecule has 1 fully saturated rings. The van der Waals surface area contributed by atoms with Crippen LogP contribution in [-0.2, 0) is 4.74 Å². The molecule has 1 aliphatic rings. The third-order valence-electron chi connectivity index (χ3n) is 5.32. The van der Waals surface area contributed by atoms with Crippen LogP contribution in [-0.4, -0.2) is 70.0 Å². The molecule has 0 spiro atoms. The van der Waals surface area contributed by atoms with Crippen molar-refractivity contribution in [1.29, 1.82) is 0 Å². The van der Waals surface area contributed by atoms with Crippen molar-refractivity contribution in [3.8, 4) is 28.4 Å². The van der Waals surface area contributed by atoms with Crippen molar-refractivity contribution in [3.63, 3.8) is 0 Å². The molecule has 2 heterocycles. The molecule has 10 heteroatoms. The monoisotopic (exact) mass is 446 g/mol. The lowest BCUT2D eigenvalue weighted by Gasteiger charge is -2.39. The second-order valence-electron chi connectivity index (χ2n) is 7.34. The smallest absolute Gasteiger partial charge is 0.229 e. The summed E-state index contributed by atoms with van der Waals surface area (Å²) in [5.41, 5.74) is 0.366. The second kappa shape index (κ2) is 8.77. The number of benzene rings is 2. The van der Waals surface area contributed by atoms with E-state index in [-0.39, 0.29) is 33.8 Å². The summed E-state index contributed by atoms with van der Waals surface area (Å²) in [4.78, 5) is 13.3. The van der Waals surface area contributed by atoms with Gasteiger partial charge >= 0.3 is 0 Å². The van der Waals surface area contributed by atoms with Gasteiger partial charge in [0, 0.05) is 12.1 Å². The van der Waals surface area contributed by atoms with Crippen LogP contribution in [0, 0.1) is 0 Å². The van der Waals surface area contributed by atoms with E-state index in [1.165, 1.54) is 37.6 Å². The largest absolute Gasteiger partial charge is 0.508 e. The van der Waals surface area contributed by atoms with Gasteiger partial charge in [0.2, 0.25) is 11.7 Å². The topological polar surface area (TPSA) is 159 Å². The van der Waals surface area contributed by atoms with Gasteiger partial charge in [-0.15, -0.1) is 0 Å². The molecule has 3 aromatic rings. The summed E-state index contributed by atoms with van der Waals surface area (Å²) < 4.78 is 22.0. The summed E-state index contributed by atoms with van der Waals surface area (Å²) >= 11 is 0. The highest BCUT2D eigenvalue weighted by molar-refractivity contribution is 5.88. The standard InChI is InChI=1S/C22H22O10/c1-29-12-6-14-17(18(25)13(9-30-14)10-2-4-11(24)5-3-10)15(7-12)31-22-21(28)20(27)19(26)16(8-23)32-22/h2-7,9,16,19-24,26-28H,8H2,1H3/t16?,19-,20+,21?,22-/m1/s1. The van der Waals surface area contributed by atoms with E-state index in [9.17, 15) is 30.3 Å². The minimum atomic E-state index is -1.67. The number of aromatic hydroxyl groups is 1. The lowest BCUT2D eigenvalue weighted by Crippen LogP contribution is -2.60. The van der Waals surface area contributed by atoms with Gasteiger partial charge in [0.25, 0.3) is 0 Å². The predicted octanol–water partition coefficient (Wildman–Crippen LogP) is 0.353. The Morgan fingerprint density at radius 3 is 2.41 bits per heavy atom. The quantitative estimate of drug-likeness (QED) is 0.370. The Kier molecular flexibility index (Phi) is 6.04. The van der Waals surface area contributed by atoms with E-state index in [1.54, 1.807) is 12.1 Å². The molecule has 4 rings (SSSR count). The van der Waals surface area contributed by atoms with Crippen LogP contribution in [0.2, 0.25) is 0 Å². The van der Waals surface area contributed by atoms with Gasteiger partial charge in [-0.25, -0.2) is 0 Å². The molecule has 0 radical (unpaired) electrons. The van der Waals surface area contributed by atoms with E-state index in [2.05, 4.69) is 0 Å². The molecule has 1 saturated heterocycles. The van der Waals surface area contributed by atoms with Crippen molar-refractivity contribution < 1.29 is 44.2 Å². The number of aliphatic hydroxyl groups excluding tert-OH is 4. The lowest BCUT2D eigenvalue weighted by molar-refractivity contribution is -0.277. The number of hydrogen-bond donors (Lipinski definition) is 5. The molecular formula is C22H22O10. The van der Waals surface area contributed by atoms with E-state index in [1.807, 2.05) is 0 Å². The molecule has 1 aromatic heterocycles. The fraction of sp³-hybridized carbons (Fsp3) is 0.318. The highest BCUT2D eigenvalue weighted by atomic mass is 16.7. The molecule has 5 N–H and O–H groups in total. The molecular weight excluding hydrogens is 424 g/mol. The molecule has 2 unspecified atom stereocenters. The molecule has 2 aromatic carbocycles. The number of ether oxygens (including phenoxy) is 3. The van der Waals surface area contributed by atoms with E-state index >= 15 is 0 Å². The summed E-state index contributed by atoms with van der Waals surface area (Å²) in [6.07, 6.45) is -6.28. The van der Waals surface area contributed by atoms with Crippen molar-refractivity contribution in [3.05, 3.63) is 52.9 Å². The van der Waals surface area contributed by atoms with Gasteiger partial charge < -0.3 is 44.2 Å². The maximum Gasteiger partial charge on any atom is 0.229 e. The van der Waals surface area contributed by atoms with E-state index in [4.69, 9.17) is 18.6 Å². The predicted molar refractivity (Wildman–Crippen MR) is 111 cm³/mol. The summed E-state index contributed by atoms with van der Waals surface area (Å²) in [7, 11) is 1.40. The van der Waals surface area contributed by atoms with Gasteiger partial charge in [-0.05, 0) is 17.7 Å². The Hall–Kier alpha value is -3.15. The molecule has 10 nitrogen and oxygen atoms in total. The maximum absolute atomic E-state index is 13.3. The number of phenols is 1. The van der Waals surface area contributed by atoms with Crippen molar-refractivity contribution in [2.45, 2.75) is 30.7 Å². The third kappa shape index (κ3) is 3.90. The molecule has 170 valence electrons. The first-order valence-corrected chi connectivity index (χ1v) is 9.74. The number of rotatable bonds is 5. The van der Waals surface area contributed by atoms with Crippen LogP contribution in [0.3, 0.4) is 0 Å². The molecule has 5 atom stereocenters. The minimum Gasteiger partial charge on any atom is -0.508 e. The first-order valence-electron chi connectivity index (χ1n) is 9.74. The summed E-state index contributed by atoms with van der Waals surface area (Å²) in [5.74, 6) is 0.269. The van der Waals surface area contributed by atoms with Gasteiger partial charge in [-0.2, -0.15) is 0 Å². The number of fused-ring (bicyclic) bond motifs is 1. The van der Waals surface area contributed by atoms with Crippen LogP contribution in [0.25, 0.3) is 22.1 Å². The number of phenolic OH excluding ortho intramolecular Hbond substituents is 1. The fourth-order valence-corrected chi connectivity index (χ4v) is 3.53. The van der Waals surface area contributed by atoms with Crippen molar-refractivity contribution in [1.82, 2.24) is 0 Å². The maximum atomic E-state index is 13.3. The summed E-state index contributed by atoms with van der Waals surface area (Å²) in [6, 6.07) is 8.83. The van der Waals surface area contributed by atoms with Crippen molar-refractivity contribution >= 4 is 11.0 Å². The third-order valence-corrected chi connectivity index (χ3v) is 5.32. The zero-order valence-corrected chi connectivity index (χ0v) is 16.9. The van der Waals surface area contributed by atoms with E-state index < -0.39 is 42.7 Å². The normalized spacial score (nSPS) is 25.6. The van der Waals surface area contributed by atoms with Gasteiger partial charge in [-0.1, -0.05) is 12.1 Å². The highest BCUT2D eigenvalue weighted by Crippen LogP contribution is 2.34. The van der Waals surface area contributed by atoms with Gasteiger partial charge in [0.1, 0.15) is 58.9 Å². The highest BCUT2D eigenvalue weighted by Gasteiger charge is 2.45. The van der Waals surface area contributed by atoms with Gasteiger partial charge in [0.15, 0.2) is 0 Å². The Balaban J connectivity index is 1.81. The number of hydrogen-bond acceptors (Lipinski definition) is 10. The SMILES string of the molecule is COc1cc(O[C@@H]2OC(CO)[C@@H](O)[C@H](O)C2O)c2c(=O)c(-c3ccc(O)cc3)coc2c1. The Labute approximate surface area is 181 Å². The first kappa shape index (κ1) is 22.1. The minimum absolute atomic E-state index is 0.0216. The van der Waals surface area contributed by atoms with Gasteiger partial charge in [-0.3, -0.25) is 4.79 Å². The van der Waals surface area contributed by atoms with Crippen LogP contribution >= 0.6 is 0 Å². The molecule has 0 saturated carbocycles. The average molecular weight is 446 g/mol. The van der Waals surface area contributed by atoms with Crippen molar-refractivity contribution in [2.75, 3.05) is 13.7 Å². The van der Waals surface area contributed by atoms with Crippen molar-refractivity contribution in [2.24, 2.45) is 0 Å². The molecule has 0 bridgehead atoms. The Morgan fingerprint density at radius 2 is 1.75 bits per heavy atom. The molecule has 0 amide bonds. The molecule has 1 aliphatic heterocycles. The lowest BCUT2D eigenvalue weighted by atomic mass is 9.99. The van der Waals surface area contributed by atoms with Crippen LogP contribution in [0.1, 0.15) is 0 Å². The number of methoxy groups -OCH3 is 1. The fourth-order valence-electron chi connectivity index (χ4n) is 3.53. The Bertz CT molecular complexity index is 1150.